The normalized spacial score (nSPS) is 11.5. The van der Waals surface area contributed by atoms with E-state index in [4.69, 9.17) is 4.74 Å². The van der Waals surface area contributed by atoms with Gasteiger partial charge in [-0.2, -0.15) is 18.3 Å². The lowest BCUT2D eigenvalue weighted by molar-refractivity contribution is -0.138. The van der Waals surface area contributed by atoms with Crippen LogP contribution in [0.2, 0.25) is 0 Å². The molecule has 0 spiro atoms. The highest BCUT2D eigenvalue weighted by Gasteiger charge is 2.34. The van der Waals surface area contributed by atoms with Crippen molar-refractivity contribution in [3.8, 4) is 5.75 Å². The van der Waals surface area contributed by atoms with Crippen LogP contribution in [0.4, 0.5) is 17.6 Å². The lowest BCUT2D eigenvalue weighted by Gasteiger charge is -2.14. The van der Waals surface area contributed by atoms with E-state index >= 15 is 0 Å². The molecule has 2 aromatic carbocycles. The van der Waals surface area contributed by atoms with Gasteiger partial charge in [0.25, 0.3) is 5.91 Å². The Morgan fingerprint density at radius 2 is 1.94 bits per heavy atom. The highest BCUT2D eigenvalue weighted by Crippen LogP contribution is 2.33. The summed E-state index contributed by atoms with van der Waals surface area (Å²) in [5.74, 6) is -1.29. The monoisotopic (exact) mass is 458 g/mol. The van der Waals surface area contributed by atoms with Crippen molar-refractivity contribution < 1.29 is 27.1 Å². The fraction of sp³-hybridized carbons (Fsp3) is 0.174. The second-order valence-corrected chi connectivity index (χ2v) is 7.21. The number of halogens is 4. The second-order valence-electron chi connectivity index (χ2n) is 7.21. The smallest absolute Gasteiger partial charge is 0.416 e. The van der Waals surface area contributed by atoms with E-state index in [0.29, 0.717) is 22.3 Å². The van der Waals surface area contributed by atoms with Crippen molar-refractivity contribution in [2.75, 3.05) is 0 Å². The van der Waals surface area contributed by atoms with Gasteiger partial charge in [-0.05, 0) is 42.5 Å². The van der Waals surface area contributed by atoms with Crippen LogP contribution >= 0.6 is 0 Å². The van der Waals surface area contributed by atoms with Crippen LogP contribution in [-0.4, -0.2) is 20.7 Å². The standard InChI is InChI=1S/C23H18F4N4O2/c1-31-21(22(32)29-12-17-18(23(25,26)27)6-4-7-19(17)24)16-11-15(8-9-20(16)30-31)33-13-14-5-2-3-10-28-14/h2-11H,12-13H2,1H3,(H,29,32). The molecule has 0 fully saturated rings. The number of ether oxygens (including phenoxy) is 1. The third-order valence-corrected chi connectivity index (χ3v) is 4.98. The van der Waals surface area contributed by atoms with Crippen molar-refractivity contribution in [2.24, 2.45) is 7.05 Å². The summed E-state index contributed by atoms with van der Waals surface area (Å²) in [5.41, 5.74) is -0.452. The summed E-state index contributed by atoms with van der Waals surface area (Å²) in [5, 5.41) is 7.07. The molecule has 6 nitrogen and oxygen atoms in total. The highest BCUT2D eigenvalue weighted by molar-refractivity contribution is 6.05. The topological polar surface area (TPSA) is 69.0 Å². The van der Waals surface area contributed by atoms with Crippen molar-refractivity contribution in [3.63, 3.8) is 0 Å². The summed E-state index contributed by atoms with van der Waals surface area (Å²) < 4.78 is 60.8. The molecule has 0 unspecified atom stereocenters. The van der Waals surface area contributed by atoms with E-state index in [1.165, 1.54) is 11.7 Å². The Balaban J connectivity index is 1.57. The maximum absolute atomic E-state index is 14.1. The predicted octanol–water partition coefficient (Wildman–Crippen LogP) is 4.64. The number of aryl methyl sites for hydroxylation is 1. The molecule has 2 heterocycles. The van der Waals surface area contributed by atoms with Gasteiger partial charge < -0.3 is 10.1 Å². The minimum atomic E-state index is -4.75. The van der Waals surface area contributed by atoms with Crippen molar-refractivity contribution >= 4 is 16.8 Å². The number of hydrogen-bond acceptors (Lipinski definition) is 4. The zero-order chi connectivity index (χ0) is 23.6. The molecule has 0 saturated carbocycles. The number of pyridine rings is 1. The van der Waals surface area contributed by atoms with E-state index in [-0.39, 0.29) is 12.3 Å². The molecule has 0 bridgehead atoms. The van der Waals surface area contributed by atoms with Crippen molar-refractivity contribution in [1.29, 1.82) is 0 Å². The Morgan fingerprint density at radius 3 is 2.67 bits per heavy atom. The molecule has 0 radical (unpaired) electrons. The summed E-state index contributed by atoms with van der Waals surface area (Å²) >= 11 is 0. The van der Waals surface area contributed by atoms with E-state index in [9.17, 15) is 22.4 Å². The van der Waals surface area contributed by atoms with Crippen molar-refractivity contribution in [2.45, 2.75) is 19.3 Å². The van der Waals surface area contributed by atoms with Gasteiger partial charge in [0.1, 0.15) is 23.9 Å². The molecule has 1 N–H and O–H groups in total. The van der Waals surface area contributed by atoms with Crippen LogP contribution in [-0.2, 0) is 26.4 Å². The Morgan fingerprint density at radius 1 is 1.12 bits per heavy atom. The number of nitrogens with one attached hydrogen (secondary N) is 1. The first kappa shape index (κ1) is 22.3. The summed E-state index contributed by atoms with van der Waals surface area (Å²) in [6, 6.07) is 13.1. The number of carbonyl (C=O) groups is 1. The van der Waals surface area contributed by atoms with E-state index in [1.807, 2.05) is 6.07 Å². The van der Waals surface area contributed by atoms with Gasteiger partial charge >= 0.3 is 6.18 Å². The zero-order valence-electron chi connectivity index (χ0n) is 17.4. The first-order chi connectivity index (χ1) is 15.7. The number of hydrogen-bond donors (Lipinski definition) is 1. The maximum Gasteiger partial charge on any atom is 0.416 e. The average molecular weight is 458 g/mol. The molecular weight excluding hydrogens is 440 g/mol. The average Bonchev–Trinajstić information content (AvgIpc) is 3.11. The van der Waals surface area contributed by atoms with Gasteiger partial charge in [-0.15, -0.1) is 0 Å². The summed E-state index contributed by atoms with van der Waals surface area (Å²) in [7, 11) is 1.54. The van der Waals surface area contributed by atoms with Crippen LogP contribution in [0.3, 0.4) is 0 Å². The minimum Gasteiger partial charge on any atom is -0.487 e. The number of rotatable bonds is 6. The number of aromatic nitrogens is 3. The Kier molecular flexibility index (Phi) is 5.99. The number of fused-ring (bicyclic) bond motifs is 1. The van der Waals surface area contributed by atoms with E-state index in [2.05, 4.69) is 15.4 Å². The summed E-state index contributed by atoms with van der Waals surface area (Å²) in [6.45, 7) is -0.426. The number of alkyl halides is 3. The van der Waals surface area contributed by atoms with Gasteiger partial charge in [-0.25, -0.2) is 4.39 Å². The largest absolute Gasteiger partial charge is 0.487 e. The molecule has 170 valence electrons. The lowest BCUT2D eigenvalue weighted by Crippen LogP contribution is -2.27. The van der Waals surface area contributed by atoms with Crippen LogP contribution in [0.5, 0.6) is 5.75 Å². The molecule has 2 aromatic heterocycles. The fourth-order valence-electron chi connectivity index (χ4n) is 3.43. The van der Waals surface area contributed by atoms with Crippen molar-refractivity contribution in [3.05, 3.63) is 89.1 Å². The van der Waals surface area contributed by atoms with Gasteiger partial charge in [0.2, 0.25) is 0 Å². The van der Waals surface area contributed by atoms with Crippen LogP contribution in [0.25, 0.3) is 10.9 Å². The molecule has 33 heavy (non-hydrogen) atoms. The third kappa shape index (κ3) is 4.79. The molecule has 0 saturated heterocycles. The molecule has 1 amide bonds. The van der Waals surface area contributed by atoms with Crippen LogP contribution < -0.4 is 10.1 Å². The number of carbonyl (C=O) groups excluding carboxylic acids is 1. The van der Waals surface area contributed by atoms with Crippen molar-refractivity contribution in [1.82, 2.24) is 20.1 Å². The molecule has 0 atom stereocenters. The molecule has 0 aliphatic rings. The number of amides is 1. The van der Waals surface area contributed by atoms with Gasteiger partial charge in [-0.1, -0.05) is 12.1 Å². The van der Waals surface area contributed by atoms with Gasteiger partial charge in [0, 0.05) is 30.7 Å². The fourth-order valence-corrected chi connectivity index (χ4v) is 3.43. The predicted molar refractivity (Wildman–Crippen MR) is 112 cm³/mol. The molecular formula is C23H18F4N4O2. The summed E-state index contributed by atoms with van der Waals surface area (Å²) in [6.07, 6.45) is -3.10. The Bertz CT molecular complexity index is 1300. The highest BCUT2D eigenvalue weighted by atomic mass is 19.4. The Labute approximate surface area is 185 Å². The van der Waals surface area contributed by atoms with Gasteiger partial charge in [0.05, 0.1) is 16.8 Å². The first-order valence-corrected chi connectivity index (χ1v) is 9.86. The number of nitrogens with zero attached hydrogens (tertiary/aromatic N) is 3. The van der Waals surface area contributed by atoms with E-state index in [1.54, 1.807) is 36.5 Å². The third-order valence-electron chi connectivity index (χ3n) is 4.98. The van der Waals surface area contributed by atoms with E-state index < -0.39 is 35.6 Å². The van der Waals surface area contributed by atoms with Gasteiger partial charge in [0.15, 0.2) is 0 Å². The number of benzene rings is 2. The SMILES string of the molecule is Cn1nc2ccc(OCc3ccccn3)cc2c1C(=O)NCc1c(F)cccc1C(F)(F)F. The molecule has 4 rings (SSSR count). The minimum absolute atomic E-state index is 0.109. The zero-order valence-corrected chi connectivity index (χ0v) is 17.4. The lowest BCUT2D eigenvalue weighted by atomic mass is 10.1. The second kappa shape index (κ2) is 8.89. The molecule has 4 aromatic rings. The van der Waals surface area contributed by atoms with Crippen LogP contribution in [0.1, 0.15) is 27.3 Å². The molecule has 0 aliphatic heterocycles. The van der Waals surface area contributed by atoms with Crippen LogP contribution in [0, 0.1) is 5.82 Å². The first-order valence-electron chi connectivity index (χ1n) is 9.86. The van der Waals surface area contributed by atoms with Gasteiger partial charge in [-0.3, -0.25) is 14.5 Å². The Hall–Kier alpha value is -3.95. The summed E-state index contributed by atoms with van der Waals surface area (Å²) in [4.78, 5) is 17.0. The molecule has 10 heteroatoms. The quantitative estimate of drug-likeness (QED) is 0.428. The maximum atomic E-state index is 14.1. The van der Waals surface area contributed by atoms with Crippen LogP contribution in [0.15, 0.2) is 60.8 Å². The van der Waals surface area contributed by atoms with E-state index in [0.717, 1.165) is 18.2 Å². The molecule has 0 aliphatic carbocycles.